The Morgan fingerprint density at radius 1 is 0.966 bits per heavy atom. The van der Waals surface area contributed by atoms with E-state index in [-0.39, 0.29) is 42.1 Å². The average Bonchev–Trinajstić information content (AvgIpc) is 3.57. The van der Waals surface area contributed by atoms with Crippen LogP contribution in [0.2, 0.25) is 0 Å². The Kier molecular flexibility index (Phi) is 7.58. The maximum atomic E-state index is 13.2. The molecular formula is C23H34ClN3O2. The van der Waals surface area contributed by atoms with E-state index in [1.54, 1.807) is 0 Å². The smallest absolute Gasteiger partial charge is 0.226 e. The lowest BCUT2D eigenvalue weighted by atomic mass is 9.84. The summed E-state index contributed by atoms with van der Waals surface area (Å²) in [6.07, 6.45) is 7.72. The van der Waals surface area contributed by atoms with Crippen molar-refractivity contribution in [1.82, 2.24) is 9.80 Å². The van der Waals surface area contributed by atoms with E-state index in [4.69, 9.17) is 5.73 Å². The Labute approximate surface area is 180 Å². The van der Waals surface area contributed by atoms with Crippen molar-refractivity contribution in [3.8, 4) is 0 Å². The maximum absolute atomic E-state index is 13.2. The Morgan fingerprint density at radius 3 is 2.28 bits per heavy atom. The number of amides is 2. The van der Waals surface area contributed by atoms with Crippen LogP contribution in [0.3, 0.4) is 0 Å². The van der Waals surface area contributed by atoms with Crippen LogP contribution in [0.5, 0.6) is 0 Å². The summed E-state index contributed by atoms with van der Waals surface area (Å²) in [6.45, 7) is 2.14. The summed E-state index contributed by atoms with van der Waals surface area (Å²) in [5.41, 5.74) is 7.26. The molecule has 1 heterocycles. The van der Waals surface area contributed by atoms with Gasteiger partial charge >= 0.3 is 0 Å². The van der Waals surface area contributed by atoms with Gasteiger partial charge in [0.15, 0.2) is 0 Å². The Morgan fingerprint density at radius 2 is 1.66 bits per heavy atom. The first-order chi connectivity index (χ1) is 13.6. The molecule has 1 aliphatic heterocycles. The summed E-state index contributed by atoms with van der Waals surface area (Å²) in [5.74, 6) is 0.710. The van der Waals surface area contributed by atoms with E-state index in [0.717, 1.165) is 51.4 Å². The van der Waals surface area contributed by atoms with E-state index >= 15 is 0 Å². The van der Waals surface area contributed by atoms with Crippen LogP contribution in [0.25, 0.3) is 0 Å². The SMILES string of the molecule is Cl.NC1CCCC(C(=O)N2CCC(C(=O)N(Cc3ccccc3)C3CC3)CC2)C1. The molecule has 3 aliphatic rings. The minimum absolute atomic E-state index is 0. The molecule has 6 heteroatoms. The van der Waals surface area contributed by atoms with E-state index in [1.807, 2.05) is 23.1 Å². The molecular weight excluding hydrogens is 386 g/mol. The summed E-state index contributed by atoms with van der Waals surface area (Å²) in [5, 5.41) is 0. The van der Waals surface area contributed by atoms with E-state index in [1.165, 1.54) is 5.56 Å². The third kappa shape index (κ3) is 5.52. The van der Waals surface area contributed by atoms with Crippen molar-refractivity contribution in [2.24, 2.45) is 17.6 Å². The van der Waals surface area contributed by atoms with Gasteiger partial charge in [-0.3, -0.25) is 9.59 Å². The lowest BCUT2D eigenvalue weighted by Crippen LogP contribution is -2.47. The molecule has 1 saturated heterocycles. The number of hydrogen-bond acceptors (Lipinski definition) is 3. The predicted octanol–water partition coefficient (Wildman–Crippen LogP) is 3.36. The number of hydrogen-bond donors (Lipinski definition) is 1. The van der Waals surface area contributed by atoms with Gasteiger partial charge in [-0.1, -0.05) is 36.8 Å². The van der Waals surface area contributed by atoms with Gasteiger partial charge in [-0.15, -0.1) is 12.4 Å². The number of halogens is 1. The zero-order valence-electron chi connectivity index (χ0n) is 17.2. The van der Waals surface area contributed by atoms with Crippen LogP contribution in [-0.4, -0.2) is 46.8 Å². The molecule has 2 saturated carbocycles. The highest BCUT2D eigenvalue weighted by Crippen LogP contribution is 2.32. The van der Waals surface area contributed by atoms with Gasteiger partial charge in [0.05, 0.1) is 0 Å². The molecule has 2 amide bonds. The largest absolute Gasteiger partial charge is 0.342 e. The Bertz CT molecular complexity index is 687. The molecule has 0 bridgehead atoms. The van der Waals surface area contributed by atoms with E-state index in [9.17, 15) is 9.59 Å². The first kappa shape index (κ1) is 22.1. The van der Waals surface area contributed by atoms with Crippen molar-refractivity contribution >= 4 is 24.2 Å². The molecule has 3 fully saturated rings. The molecule has 1 aromatic rings. The molecule has 0 spiro atoms. The average molecular weight is 420 g/mol. The van der Waals surface area contributed by atoms with E-state index in [2.05, 4.69) is 17.0 Å². The first-order valence-electron chi connectivity index (χ1n) is 11.0. The molecule has 5 nitrogen and oxygen atoms in total. The summed E-state index contributed by atoms with van der Waals surface area (Å²) in [6, 6.07) is 10.9. The number of nitrogens with two attached hydrogens (primary N) is 1. The van der Waals surface area contributed by atoms with Crippen molar-refractivity contribution in [3.63, 3.8) is 0 Å². The van der Waals surface area contributed by atoms with Crippen LogP contribution < -0.4 is 5.73 Å². The normalized spacial score (nSPS) is 25.2. The molecule has 1 aromatic carbocycles. The number of rotatable bonds is 5. The number of likely N-dealkylation sites (tertiary alicyclic amines) is 1. The molecule has 0 aromatic heterocycles. The van der Waals surface area contributed by atoms with Gasteiger partial charge in [0.2, 0.25) is 11.8 Å². The summed E-state index contributed by atoms with van der Waals surface area (Å²) in [7, 11) is 0. The second kappa shape index (κ2) is 9.94. The fraction of sp³-hybridized carbons (Fsp3) is 0.652. The summed E-state index contributed by atoms with van der Waals surface area (Å²) in [4.78, 5) is 30.1. The van der Waals surface area contributed by atoms with Crippen LogP contribution in [0.1, 0.15) is 56.9 Å². The molecule has 160 valence electrons. The molecule has 2 N–H and O–H groups in total. The van der Waals surface area contributed by atoms with Gasteiger partial charge in [-0.25, -0.2) is 0 Å². The summed E-state index contributed by atoms with van der Waals surface area (Å²) < 4.78 is 0. The van der Waals surface area contributed by atoms with Gasteiger partial charge in [0.25, 0.3) is 0 Å². The van der Waals surface area contributed by atoms with Crippen molar-refractivity contribution in [3.05, 3.63) is 35.9 Å². The molecule has 2 atom stereocenters. The van der Waals surface area contributed by atoms with Gasteiger partial charge in [-0.2, -0.15) is 0 Å². The lowest BCUT2D eigenvalue weighted by molar-refractivity contribution is -0.144. The zero-order valence-corrected chi connectivity index (χ0v) is 18.0. The minimum Gasteiger partial charge on any atom is -0.342 e. The highest BCUT2D eigenvalue weighted by atomic mass is 35.5. The van der Waals surface area contributed by atoms with Crippen LogP contribution in [0.15, 0.2) is 30.3 Å². The third-order valence-electron chi connectivity index (χ3n) is 6.69. The van der Waals surface area contributed by atoms with Gasteiger partial charge in [0.1, 0.15) is 0 Å². The highest BCUT2D eigenvalue weighted by Gasteiger charge is 2.38. The first-order valence-corrected chi connectivity index (χ1v) is 11.0. The number of piperidine rings is 1. The topological polar surface area (TPSA) is 66.6 Å². The second-order valence-electron chi connectivity index (χ2n) is 8.91. The van der Waals surface area contributed by atoms with Crippen molar-refractivity contribution in [2.75, 3.05) is 13.1 Å². The molecule has 4 rings (SSSR count). The van der Waals surface area contributed by atoms with Crippen LogP contribution in [0, 0.1) is 11.8 Å². The van der Waals surface area contributed by atoms with Gasteiger partial charge < -0.3 is 15.5 Å². The third-order valence-corrected chi connectivity index (χ3v) is 6.69. The fourth-order valence-electron chi connectivity index (χ4n) is 4.84. The van der Waals surface area contributed by atoms with Crippen molar-refractivity contribution in [1.29, 1.82) is 0 Å². The van der Waals surface area contributed by atoms with Crippen molar-refractivity contribution < 1.29 is 9.59 Å². The van der Waals surface area contributed by atoms with Gasteiger partial charge in [0, 0.05) is 43.6 Å². The minimum atomic E-state index is 0. The van der Waals surface area contributed by atoms with Crippen molar-refractivity contribution in [2.45, 2.75) is 70.0 Å². The maximum Gasteiger partial charge on any atom is 0.226 e. The molecule has 2 unspecified atom stereocenters. The Balaban J connectivity index is 0.00000240. The number of carbonyl (C=O) groups excluding carboxylic acids is 2. The quantitative estimate of drug-likeness (QED) is 0.795. The standard InChI is InChI=1S/C23H33N3O2.ClH/c24-20-8-4-7-19(15-20)22(27)25-13-11-18(12-14-25)23(28)26(21-9-10-21)16-17-5-2-1-3-6-17;/h1-3,5-6,18-21H,4,7-16,24H2;1H. The zero-order chi connectivity index (χ0) is 19.5. The van der Waals surface area contributed by atoms with E-state index in [0.29, 0.717) is 25.7 Å². The van der Waals surface area contributed by atoms with Crippen LogP contribution in [0.4, 0.5) is 0 Å². The number of nitrogens with zero attached hydrogens (tertiary/aromatic N) is 2. The second-order valence-corrected chi connectivity index (χ2v) is 8.91. The molecule has 29 heavy (non-hydrogen) atoms. The lowest BCUT2D eigenvalue weighted by Gasteiger charge is -2.37. The fourth-order valence-corrected chi connectivity index (χ4v) is 4.84. The van der Waals surface area contributed by atoms with Crippen LogP contribution in [-0.2, 0) is 16.1 Å². The van der Waals surface area contributed by atoms with Crippen LogP contribution >= 0.6 is 12.4 Å². The Hall–Kier alpha value is -1.59. The monoisotopic (exact) mass is 419 g/mol. The van der Waals surface area contributed by atoms with Gasteiger partial charge in [-0.05, 0) is 50.5 Å². The summed E-state index contributed by atoms with van der Waals surface area (Å²) >= 11 is 0. The predicted molar refractivity (Wildman–Crippen MR) is 116 cm³/mol. The van der Waals surface area contributed by atoms with E-state index < -0.39 is 0 Å². The number of carbonyl (C=O) groups is 2. The highest BCUT2D eigenvalue weighted by molar-refractivity contribution is 5.85. The molecule has 0 radical (unpaired) electrons. The number of benzene rings is 1. The molecule has 2 aliphatic carbocycles.